The number of nitrogens with zero attached hydrogens (tertiary/aromatic N) is 4. The molecule has 2 aliphatic heterocycles. The van der Waals surface area contributed by atoms with Gasteiger partial charge >= 0.3 is 0 Å². The van der Waals surface area contributed by atoms with Gasteiger partial charge < -0.3 is 20.6 Å². The van der Waals surface area contributed by atoms with Crippen LogP contribution in [0.1, 0.15) is 29.7 Å². The van der Waals surface area contributed by atoms with E-state index in [0.717, 1.165) is 65.2 Å². The minimum absolute atomic E-state index is 0.0622. The van der Waals surface area contributed by atoms with Crippen molar-refractivity contribution in [2.75, 3.05) is 37.3 Å². The van der Waals surface area contributed by atoms with Crippen molar-refractivity contribution in [1.29, 1.82) is 0 Å². The van der Waals surface area contributed by atoms with Crippen molar-refractivity contribution < 1.29 is 5.11 Å². The first-order valence-electron chi connectivity index (χ1n) is 10.5. The Hall–Kier alpha value is -3.03. The average molecular weight is 403 g/mol. The molecule has 0 unspecified atom stereocenters. The lowest BCUT2D eigenvalue weighted by Gasteiger charge is -2.30. The van der Waals surface area contributed by atoms with E-state index in [9.17, 15) is 5.11 Å². The third-order valence-electron chi connectivity index (χ3n) is 5.99. The Labute approximate surface area is 175 Å². The van der Waals surface area contributed by atoms with Crippen molar-refractivity contribution in [1.82, 2.24) is 19.9 Å². The average Bonchev–Trinajstić information content (AvgIpc) is 2.79. The van der Waals surface area contributed by atoms with E-state index in [1.54, 1.807) is 6.33 Å². The molecule has 1 fully saturated rings. The highest BCUT2D eigenvalue weighted by Gasteiger charge is 2.19. The number of pyridine rings is 1. The molecule has 3 N–H and O–H groups in total. The number of hydrogen-bond donors (Lipinski definition) is 3. The van der Waals surface area contributed by atoms with Gasteiger partial charge in [0, 0.05) is 23.5 Å². The van der Waals surface area contributed by atoms with Crippen LogP contribution in [0.5, 0.6) is 0 Å². The zero-order valence-corrected chi connectivity index (χ0v) is 17.1. The summed E-state index contributed by atoms with van der Waals surface area (Å²) >= 11 is 0. The maximum absolute atomic E-state index is 9.39. The number of aromatic nitrogens is 3. The Balaban J connectivity index is 1.50. The van der Waals surface area contributed by atoms with Gasteiger partial charge in [0.1, 0.15) is 18.0 Å². The molecule has 7 heteroatoms. The molecule has 0 atom stereocenters. The second kappa shape index (κ2) is 8.01. The van der Waals surface area contributed by atoms with Gasteiger partial charge in [0.15, 0.2) is 0 Å². The molecule has 0 saturated carbocycles. The lowest BCUT2D eigenvalue weighted by molar-refractivity contribution is 0.264. The molecule has 154 valence electrons. The van der Waals surface area contributed by atoms with Crippen molar-refractivity contribution in [3.05, 3.63) is 59.6 Å². The summed E-state index contributed by atoms with van der Waals surface area (Å²) in [5.74, 6) is 1.72. The molecule has 4 heterocycles. The van der Waals surface area contributed by atoms with Crippen molar-refractivity contribution in [2.45, 2.75) is 25.5 Å². The molecule has 0 bridgehead atoms. The van der Waals surface area contributed by atoms with Gasteiger partial charge in [-0.05, 0) is 68.4 Å². The van der Waals surface area contributed by atoms with Gasteiger partial charge in [0.2, 0.25) is 0 Å². The predicted molar refractivity (Wildman–Crippen MR) is 119 cm³/mol. The molecule has 0 aliphatic carbocycles. The van der Waals surface area contributed by atoms with E-state index in [0.29, 0.717) is 18.3 Å². The quantitative estimate of drug-likeness (QED) is 0.619. The van der Waals surface area contributed by atoms with Crippen molar-refractivity contribution in [3.63, 3.8) is 0 Å². The molecular weight excluding hydrogens is 376 g/mol. The van der Waals surface area contributed by atoms with E-state index in [2.05, 4.69) is 61.8 Å². The van der Waals surface area contributed by atoms with Crippen molar-refractivity contribution in [2.24, 2.45) is 0 Å². The minimum Gasteiger partial charge on any atom is -0.390 e. The Morgan fingerprint density at radius 1 is 1.17 bits per heavy atom. The van der Waals surface area contributed by atoms with E-state index >= 15 is 0 Å². The number of aliphatic hydroxyl groups excluding tert-OH is 1. The molecule has 2 aromatic heterocycles. The molecule has 7 nitrogen and oxygen atoms in total. The monoisotopic (exact) mass is 402 g/mol. The van der Waals surface area contributed by atoms with E-state index < -0.39 is 0 Å². The SMILES string of the molecule is CN1CCC(Nc2ncnc3ccc(C4=CCNc5nc(CO)ccc54)cc23)CC1. The number of rotatable bonds is 4. The second-order valence-corrected chi connectivity index (χ2v) is 8.03. The van der Waals surface area contributed by atoms with Crippen LogP contribution in [0.3, 0.4) is 0 Å². The van der Waals surface area contributed by atoms with Gasteiger partial charge in [-0.1, -0.05) is 12.1 Å². The van der Waals surface area contributed by atoms with Crippen LogP contribution in [0.2, 0.25) is 0 Å². The molecule has 1 aromatic carbocycles. The summed E-state index contributed by atoms with van der Waals surface area (Å²) in [5.41, 5.74) is 4.90. The van der Waals surface area contributed by atoms with E-state index in [1.165, 1.54) is 0 Å². The minimum atomic E-state index is -0.0622. The van der Waals surface area contributed by atoms with Gasteiger partial charge in [-0.15, -0.1) is 0 Å². The summed E-state index contributed by atoms with van der Waals surface area (Å²) in [5, 5.41) is 17.4. The third-order valence-corrected chi connectivity index (χ3v) is 5.99. The highest BCUT2D eigenvalue weighted by molar-refractivity contribution is 5.95. The fourth-order valence-corrected chi connectivity index (χ4v) is 4.26. The highest BCUT2D eigenvalue weighted by Crippen LogP contribution is 2.34. The Bertz CT molecular complexity index is 1100. The first-order chi connectivity index (χ1) is 14.7. The van der Waals surface area contributed by atoms with Crippen LogP contribution in [-0.4, -0.2) is 57.7 Å². The number of hydrogen-bond acceptors (Lipinski definition) is 7. The van der Waals surface area contributed by atoms with Crippen molar-refractivity contribution in [3.8, 4) is 0 Å². The molecule has 0 radical (unpaired) electrons. The normalized spacial score (nSPS) is 17.3. The van der Waals surface area contributed by atoms with Gasteiger partial charge in [0.05, 0.1) is 17.8 Å². The number of fused-ring (bicyclic) bond motifs is 2. The summed E-state index contributed by atoms with van der Waals surface area (Å²) in [4.78, 5) is 15.9. The Kier molecular flexibility index (Phi) is 5.06. The van der Waals surface area contributed by atoms with Crippen LogP contribution in [0, 0.1) is 0 Å². The van der Waals surface area contributed by atoms with Crippen molar-refractivity contribution >= 4 is 28.1 Å². The van der Waals surface area contributed by atoms with Gasteiger partial charge in [0.25, 0.3) is 0 Å². The molecule has 30 heavy (non-hydrogen) atoms. The van der Waals surface area contributed by atoms with Crippen LogP contribution in [0.25, 0.3) is 16.5 Å². The summed E-state index contributed by atoms with van der Waals surface area (Å²) in [7, 11) is 2.17. The molecular formula is C23H26N6O. The van der Waals surface area contributed by atoms with Crippen LogP contribution >= 0.6 is 0 Å². The largest absolute Gasteiger partial charge is 0.390 e. The smallest absolute Gasteiger partial charge is 0.137 e. The summed E-state index contributed by atoms with van der Waals surface area (Å²) in [6.45, 7) is 2.85. The number of aliphatic hydroxyl groups is 1. The number of anilines is 2. The maximum atomic E-state index is 9.39. The fourth-order valence-electron chi connectivity index (χ4n) is 4.26. The van der Waals surface area contributed by atoms with E-state index in [4.69, 9.17) is 0 Å². The second-order valence-electron chi connectivity index (χ2n) is 8.03. The number of piperidine rings is 1. The fraction of sp³-hybridized carbons (Fsp3) is 0.348. The van der Waals surface area contributed by atoms with Gasteiger partial charge in [-0.25, -0.2) is 15.0 Å². The van der Waals surface area contributed by atoms with Crippen LogP contribution in [0.4, 0.5) is 11.6 Å². The molecule has 5 rings (SSSR count). The van der Waals surface area contributed by atoms with Crippen LogP contribution < -0.4 is 10.6 Å². The molecule has 0 spiro atoms. The lowest BCUT2D eigenvalue weighted by Crippen LogP contribution is -2.36. The molecule has 2 aliphatic rings. The predicted octanol–water partition coefficient (Wildman–Crippen LogP) is 2.88. The Morgan fingerprint density at radius 3 is 2.87 bits per heavy atom. The van der Waals surface area contributed by atoms with Gasteiger partial charge in [-0.2, -0.15) is 0 Å². The zero-order valence-electron chi connectivity index (χ0n) is 17.1. The summed E-state index contributed by atoms with van der Waals surface area (Å²) < 4.78 is 0. The summed E-state index contributed by atoms with van der Waals surface area (Å²) in [6, 6.07) is 10.7. The highest BCUT2D eigenvalue weighted by atomic mass is 16.3. The van der Waals surface area contributed by atoms with Crippen LogP contribution in [0.15, 0.2) is 42.7 Å². The standard InChI is InChI=1S/C23H26N6O/c1-29-10-7-16(8-11-29)27-23-20-12-15(2-5-21(20)25-14-26-23)18-6-9-24-22-19(18)4-3-17(13-30)28-22/h2-6,12,14,16,30H,7-11,13H2,1H3,(H,24,28)(H,25,26,27). The number of likely N-dealkylation sites (tertiary alicyclic amines) is 1. The number of nitrogens with one attached hydrogen (secondary N) is 2. The lowest BCUT2D eigenvalue weighted by atomic mass is 9.94. The van der Waals surface area contributed by atoms with Crippen LogP contribution in [-0.2, 0) is 6.61 Å². The zero-order chi connectivity index (χ0) is 20.5. The van der Waals surface area contributed by atoms with E-state index in [-0.39, 0.29) is 6.61 Å². The third kappa shape index (κ3) is 3.62. The molecule has 0 amide bonds. The van der Waals surface area contributed by atoms with Gasteiger partial charge in [-0.3, -0.25) is 0 Å². The number of benzene rings is 1. The topological polar surface area (TPSA) is 86.2 Å². The molecule has 3 aromatic rings. The first kappa shape index (κ1) is 19.0. The summed E-state index contributed by atoms with van der Waals surface area (Å²) in [6.07, 6.45) is 6.05. The first-order valence-corrected chi connectivity index (χ1v) is 10.5. The Morgan fingerprint density at radius 2 is 2.03 bits per heavy atom. The maximum Gasteiger partial charge on any atom is 0.137 e. The van der Waals surface area contributed by atoms with E-state index in [1.807, 2.05) is 12.1 Å². The molecule has 1 saturated heterocycles.